The van der Waals surface area contributed by atoms with Crippen LogP contribution in [0.4, 0.5) is 0 Å². The van der Waals surface area contributed by atoms with E-state index in [0.29, 0.717) is 6.42 Å². The number of unbranched alkanes of at least 4 members (excludes halogenated alkanes) is 7. The summed E-state index contributed by atoms with van der Waals surface area (Å²) in [6.07, 6.45) is 12.9. The van der Waals surface area contributed by atoms with Gasteiger partial charge in [-0.05, 0) is 42.7 Å². The van der Waals surface area contributed by atoms with E-state index in [2.05, 4.69) is 24.4 Å². The average Bonchev–Trinajstić information content (AvgIpc) is 2.62. The number of hydrogen-bond donors (Lipinski definition) is 1. The lowest BCUT2D eigenvalue weighted by atomic mass is 10.1. The van der Waals surface area contributed by atoms with Crippen LogP contribution in [0, 0.1) is 0 Å². The second kappa shape index (κ2) is 14.5. The third kappa shape index (κ3) is 11.4. The molecule has 0 saturated carbocycles. The van der Waals surface area contributed by atoms with Gasteiger partial charge in [0.1, 0.15) is 5.75 Å². The standard InChI is InChI=1S/C21H34N2O2/c1-3-5-7-8-9-10-11-12-21(24)23-22-18-19-13-15-20(16-14-19)25-17-6-4-2/h13-16,18H,3-12,17H2,1-2H3,(H,23,24)/b22-18+. The molecule has 1 amide bonds. The SMILES string of the molecule is CCCCCCCCCC(=O)N/N=C/c1ccc(OCCCC)cc1. The maximum Gasteiger partial charge on any atom is 0.240 e. The largest absolute Gasteiger partial charge is 0.494 e. The van der Waals surface area contributed by atoms with Gasteiger partial charge in [0.25, 0.3) is 0 Å². The van der Waals surface area contributed by atoms with Gasteiger partial charge < -0.3 is 4.74 Å². The maximum atomic E-state index is 11.7. The van der Waals surface area contributed by atoms with E-state index in [1.807, 2.05) is 24.3 Å². The number of hydrogen-bond acceptors (Lipinski definition) is 3. The minimum Gasteiger partial charge on any atom is -0.494 e. The number of rotatable bonds is 14. The van der Waals surface area contributed by atoms with Gasteiger partial charge in [-0.1, -0.05) is 58.8 Å². The van der Waals surface area contributed by atoms with Crippen molar-refractivity contribution in [2.45, 2.75) is 78.1 Å². The van der Waals surface area contributed by atoms with Crippen LogP contribution in [0.15, 0.2) is 29.4 Å². The summed E-state index contributed by atoms with van der Waals surface area (Å²) in [7, 11) is 0. The summed E-state index contributed by atoms with van der Waals surface area (Å²) in [5, 5.41) is 4.02. The number of carbonyl (C=O) groups excluding carboxylic acids is 1. The van der Waals surface area contributed by atoms with Crippen molar-refractivity contribution in [3.63, 3.8) is 0 Å². The van der Waals surface area contributed by atoms with Crippen molar-refractivity contribution >= 4 is 12.1 Å². The lowest BCUT2D eigenvalue weighted by molar-refractivity contribution is -0.121. The zero-order valence-electron chi connectivity index (χ0n) is 15.9. The number of benzene rings is 1. The highest BCUT2D eigenvalue weighted by molar-refractivity contribution is 5.82. The van der Waals surface area contributed by atoms with Crippen LogP contribution < -0.4 is 10.2 Å². The van der Waals surface area contributed by atoms with Gasteiger partial charge in [0.15, 0.2) is 0 Å². The summed E-state index contributed by atoms with van der Waals surface area (Å²) >= 11 is 0. The molecule has 0 bridgehead atoms. The zero-order chi connectivity index (χ0) is 18.2. The molecular formula is C21H34N2O2. The van der Waals surface area contributed by atoms with Crippen LogP contribution in [0.5, 0.6) is 5.75 Å². The van der Waals surface area contributed by atoms with Gasteiger partial charge in [0, 0.05) is 6.42 Å². The molecule has 0 unspecified atom stereocenters. The monoisotopic (exact) mass is 346 g/mol. The minimum absolute atomic E-state index is 0.00988. The first-order valence-corrected chi connectivity index (χ1v) is 9.81. The highest BCUT2D eigenvalue weighted by atomic mass is 16.5. The van der Waals surface area contributed by atoms with Gasteiger partial charge in [-0.3, -0.25) is 4.79 Å². The highest BCUT2D eigenvalue weighted by Crippen LogP contribution is 2.11. The van der Waals surface area contributed by atoms with Crippen LogP contribution in [0.3, 0.4) is 0 Å². The van der Waals surface area contributed by atoms with E-state index in [4.69, 9.17) is 4.74 Å². The van der Waals surface area contributed by atoms with Gasteiger partial charge in [0.2, 0.25) is 5.91 Å². The smallest absolute Gasteiger partial charge is 0.240 e. The van der Waals surface area contributed by atoms with Crippen molar-refractivity contribution in [2.75, 3.05) is 6.61 Å². The van der Waals surface area contributed by atoms with E-state index in [9.17, 15) is 4.79 Å². The third-order valence-corrected chi connectivity index (χ3v) is 4.06. The fourth-order valence-corrected chi connectivity index (χ4v) is 2.46. The minimum atomic E-state index is -0.00988. The van der Waals surface area contributed by atoms with Crippen LogP contribution in [-0.2, 0) is 4.79 Å². The summed E-state index contributed by atoms with van der Waals surface area (Å²) in [4.78, 5) is 11.7. The fourth-order valence-electron chi connectivity index (χ4n) is 2.46. The normalized spacial score (nSPS) is 11.0. The van der Waals surface area contributed by atoms with Crippen LogP contribution in [0.25, 0.3) is 0 Å². The molecule has 0 atom stereocenters. The van der Waals surface area contributed by atoms with Crippen LogP contribution in [0.1, 0.15) is 83.6 Å². The molecule has 4 heteroatoms. The van der Waals surface area contributed by atoms with E-state index in [-0.39, 0.29) is 5.91 Å². The Balaban J connectivity index is 2.14. The van der Waals surface area contributed by atoms with Crippen molar-refractivity contribution in [3.05, 3.63) is 29.8 Å². The van der Waals surface area contributed by atoms with Crippen molar-refractivity contribution in [1.29, 1.82) is 0 Å². The van der Waals surface area contributed by atoms with Crippen molar-refractivity contribution in [1.82, 2.24) is 5.43 Å². The molecule has 0 aliphatic rings. The molecule has 1 aromatic rings. The summed E-state index contributed by atoms with van der Waals surface area (Å²) in [6.45, 7) is 5.12. The number of hydrazone groups is 1. The highest BCUT2D eigenvalue weighted by Gasteiger charge is 1.99. The van der Waals surface area contributed by atoms with Gasteiger partial charge in [-0.25, -0.2) is 5.43 Å². The molecule has 0 aliphatic heterocycles. The quantitative estimate of drug-likeness (QED) is 0.276. The van der Waals surface area contributed by atoms with Gasteiger partial charge >= 0.3 is 0 Å². The van der Waals surface area contributed by atoms with E-state index in [0.717, 1.165) is 43.6 Å². The average molecular weight is 347 g/mol. The number of nitrogens with one attached hydrogen (secondary N) is 1. The topological polar surface area (TPSA) is 50.7 Å². The Labute approximate surface area is 153 Å². The van der Waals surface area contributed by atoms with Gasteiger partial charge in [0.05, 0.1) is 12.8 Å². The second-order valence-corrected chi connectivity index (χ2v) is 6.44. The Morgan fingerprint density at radius 1 is 0.960 bits per heavy atom. The van der Waals surface area contributed by atoms with Crippen molar-refractivity contribution in [3.8, 4) is 5.75 Å². The predicted molar refractivity (Wildman–Crippen MR) is 105 cm³/mol. The molecule has 25 heavy (non-hydrogen) atoms. The summed E-state index contributed by atoms with van der Waals surface area (Å²) in [5.41, 5.74) is 3.54. The summed E-state index contributed by atoms with van der Waals surface area (Å²) in [6, 6.07) is 7.73. The Hall–Kier alpha value is -1.84. The summed E-state index contributed by atoms with van der Waals surface area (Å²) < 4.78 is 5.62. The predicted octanol–water partition coefficient (Wildman–Crippen LogP) is 5.46. The molecule has 140 valence electrons. The molecule has 0 spiro atoms. The first-order valence-electron chi connectivity index (χ1n) is 9.81. The lowest BCUT2D eigenvalue weighted by Crippen LogP contribution is -2.16. The molecule has 0 aliphatic carbocycles. The van der Waals surface area contributed by atoms with Gasteiger partial charge in [-0.15, -0.1) is 0 Å². The van der Waals surface area contributed by atoms with E-state index >= 15 is 0 Å². The first kappa shape index (κ1) is 21.2. The van der Waals surface area contributed by atoms with Crippen molar-refractivity contribution in [2.24, 2.45) is 5.10 Å². The van der Waals surface area contributed by atoms with Crippen LogP contribution in [-0.4, -0.2) is 18.7 Å². The molecule has 1 aromatic carbocycles. The van der Waals surface area contributed by atoms with Crippen molar-refractivity contribution < 1.29 is 9.53 Å². The Kier molecular flexibility index (Phi) is 12.3. The molecule has 0 aromatic heterocycles. The van der Waals surface area contributed by atoms with Crippen LogP contribution >= 0.6 is 0 Å². The van der Waals surface area contributed by atoms with E-state index in [1.165, 1.54) is 32.1 Å². The zero-order valence-corrected chi connectivity index (χ0v) is 15.9. The molecule has 0 heterocycles. The molecule has 0 fully saturated rings. The first-order chi connectivity index (χ1) is 12.3. The number of nitrogens with zero attached hydrogens (tertiary/aromatic N) is 1. The van der Waals surface area contributed by atoms with E-state index in [1.54, 1.807) is 6.21 Å². The molecule has 1 N–H and O–H groups in total. The Bertz CT molecular complexity index is 483. The molecule has 0 radical (unpaired) electrons. The van der Waals surface area contributed by atoms with E-state index < -0.39 is 0 Å². The third-order valence-electron chi connectivity index (χ3n) is 4.06. The Morgan fingerprint density at radius 2 is 1.60 bits per heavy atom. The number of ether oxygens (including phenoxy) is 1. The summed E-state index contributed by atoms with van der Waals surface area (Å²) in [5.74, 6) is 0.859. The Morgan fingerprint density at radius 3 is 2.28 bits per heavy atom. The lowest BCUT2D eigenvalue weighted by Gasteiger charge is -2.05. The molecule has 1 rings (SSSR count). The van der Waals surface area contributed by atoms with Crippen LogP contribution in [0.2, 0.25) is 0 Å². The molecule has 4 nitrogen and oxygen atoms in total. The van der Waals surface area contributed by atoms with Gasteiger partial charge in [-0.2, -0.15) is 5.10 Å². The second-order valence-electron chi connectivity index (χ2n) is 6.44. The number of amides is 1. The number of carbonyl (C=O) groups is 1. The maximum absolute atomic E-state index is 11.7. The fraction of sp³-hybridized carbons (Fsp3) is 0.619. The molecule has 0 saturated heterocycles. The molecular weight excluding hydrogens is 312 g/mol.